The Morgan fingerprint density at radius 1 is 0.561 bits per heavy atom. The van der Waals surface area contributed by atoms with Crippen LogP contribution in [-0.2, 0) is 21.1 Å². The maximum absolute atomic E-state index is 6.64. The molecule has 0 N–H and O–H groups in total. The average molecular weight is 916 g/mol. The zero-order valence-corrected chi connectivity index (χ0v) is 33.5. The topological polar surface area (TPSA) is 69.6 Å². The summed E-state index contributed by atoms with van der Waals surface area (Å²) in [5.41, 5.74) is 14.0. The molecule has 0 aliphatic rings. The number of rotatable bonds is 5. The van der Waals surface area contributed by atoms with Gasteiger partial charge in [0.05, 0.1) is 39.4 Å². The molecule has 11 rings (SSSR count). The van der Waals surface area contributed by atoms with E-state index in [1.807, 2.05) is 67.1 Å². The number of aryl methyl sites for hydroxylation is 3. The van der Waals surface area contributed by atoms with E-state index in [0.717, 1.165) is 88.7 Å². The van der Waals surface area contributed by atoms with Crippen molar-refractivity contribution < 1.29 is 25.8 Å². The van der Waals surface area contributed by atoms with Crippen LogP contribution in [0.5, 0.6) is 11.5 Å². The molecule has 5 aromatic carbocycles. The van der Waals surface area contributed by atoms with Gasteiger partial charge in [-0.15, -0.1) is 12.1 Å². The van der Waals surface area contributed by atoms with Gasteiger partial charge in [-0.1, -0.05) is 130 Å². The molecule has 8 heteroatoms. The molecule has 0 saturated carbocycles. The Morgan fingerprint density at radius 3 is 1.95 bits per heavy atom. The standard InChI is InChI=1S/C49H32N6O.Pt/c1-29-24-30(2)43(31(3)25-29)42-28-52-48-39-26-34(18-20-36(39)38-16-10-23-51-47(38)55(42)48)56-35-19-21-37-40(27-35)49-53-44(32-12-6-4-7-13-32)46(33-14-8-5-9-15-33)54(49)41-17-11-22-50-45(37)41;/h4-25,28H,1-3H3;/q-2;+2. The van der Waals surface area contributed by atoms with Gasteiger partial charge in [-0.25, -0.2) is 4.98 Å². The van der Waals surface area contributed by atoms with Crippen LogP contribution < -0.4 is 4.74 Å². The molecule has 57 heavy (non-hydrogen) atoms. The number of hydrogen-bond acceptors (Lipinski definition) is 5. The Hall–Kier alpha value is -6.69. The fourth-order valence-electron chi connectivity index (χ4n) is 8.52. The van der Waals surface area contributed by atoms with Crippen molar-refractivity contribution in [3.05, 3.63) is 169 Å². The number of hydrogen-bond donors (Lipinski definition) is 0. The van der Waals surface area contributed by atoms with E-state index in [-0.39, 0.29) is 21.1 Å². The molecule has 0 bridgehead atoms. The molecule has 0 saturated heterocycles. The normalized spacial score (nSPS) is 11.6. The van der Waals surface area contributed by atoms with Gasteiger partial charge in [0.1, 0.15) is 5.65 Å². The molecule has 0 unspecified atom stereocenters. The second-order valence-corrected chi connectivity index (χ2v) is 14.3. The molecule has 0 aliphatic heterocycles. The summed E-state index contributed by atoms with van der Waals surface area (Å²) in [4.78, 5) is 20.1. The number of ether oxygens (including phenoxy) is 1. The molecule has 6 heterocycles. The van der Waals surface area contributed by atoms with Crippen LogP contribution in [0.1, 0.15) is 16.7 Å². The third-order valence-electron chi connectivity index (χ3n) is 10.7. The van der Waals surface area contributed by atoms with Crippen LogP contribution in [0.4, 0.5) is 0 Å². The Kier molecular flexibility index (Phi) is 8.24. The minimum absolute atomic E-state index is 0. The maximum Gasteiger partial charge on any atom is 2.00 e. The first-order chi connectivity index (χ1) is 27.5. The fraction of sp³-hybridized carbons (Fsp3) is 0.0612. The molecule has 0 radical (unpaired) electrons. The van der Waals surface area contributed by atoms with Gasteiger partial charge in [0, 0.05) is 41.2 Å². The van der Waals surface area contributed by atoms with Gasteiger partial charge in [-0.05, 0) is 61.0 Å². The SMILES string of the molecule is Cc1cc(C)c(-c2cnc3c4[c-]c(Oc5[c-]c6c(cc5)c5ncccc5n5c(-c7ccccc7)c(-c7ccccc7)nc65)ccc4c4cccnc4n23)c(C)c1.[Pt+2]. The second kappa shape index (κ2) is 13.5. The quantitative estimate of drug-likeness (QED) is 0.127. The van der Waals surface area contributed by atoms with E-state index in [0.29, 0.717) is 11.5 Å². The minimum atomic E-state index is 0. The van der Waals surface area contributed by atoms with Gasteiger partial charge in [0.25, 0.3) is 0 Å². The summed E-state index contributed by atoms with van der Waals surface area (Å²) < 4.78 is 11.0. The first-order valence-electron chi connectivity index (χ1n) is 18.6. The van der Waals surface area contributed by atoms with Crippen molar-refractivity contribution in [1.82, 2.24) is 28.7 Å². The van der Waals surface area contributed by atoms with Crippen molar-refractivity contribution >= 4 is 54.9 Å². The van der Waals surface area contributed by atoms with Crippen molar-refractivity contribution in [3.63, 3.8) is 0 Å². The van der Waals surface area contributed by atoms with Crippen molar-refractivity contribution in [2.75, 3.05) is 0 Å². The average Bonchev–Trinajstić information content (AvgIpc) is 3.85. The van der Waals surface area contributed by atoms with E-state index in [9.17, 15) is 0 Å². The summed E-state index contributed by atoms with van der Waals surface area (Å²) >= 11 is 0. The van der Waals surface area contributed by atoms with E-state index < -0.39 is 0 Å². The zero-order chi connectivity index (χ0) is 37.5. The molecule has 0 spiro atoms. The van der Waals surface area contributed by atoms with Crippen LogP contribution in [0.15, 0.2) is 140 Å². The minimum Gasteiger partial charge on any atom is -0.497 e. The predicted molar refractivity (Wildman–Crippen MR) is 224 cm³/mol. The van der Waals surface area contributed by atoms with Gasteiger partial charge < -0.3 is 13.5 Å². The Labute approximate surface area is 342 Å². The number of imidazole rings is 2. The summed E-state index contributed by atoms with van der Waals surface area (Å²) in [6, 6.07) is 48.6. The van der Waals surface area contributed by atoms with Crippen molar-refractivity contribution in [1.29, 1.82) is 0 Å². The summed E-state index contributed by atoms with van der Waals surface area (Å²) in [5.74, 6) is 1.10. The summed E-state index contributed by atoms with van der Waals surface area (Å²) in [6.45, 7) is 6.45. The Bertz CT molecular complexity index is 3350. The smallest absolute Gasteiger partial charge is 0.497 e. The molecule has 6 aromatic heterocycles. The largest absolute Gasteiger partial charge is 2.00 e. The third kappa shape index (κ3) is 5.45. The van der Waals surface area contributed by atoms with Crippen LogP contribution >= 0.6 is 0 Å². The third-order valence-corrected chi connectivity index (χ3v) is 10.7. The van der Waals surface area contributed by atoms with E-state index in [4.69, 9.17) is 24.7 Å². The summed E-state index contributed by atoms with van der Waals surface area (Å²) in [5, 5.41) is 4.63. The fourth-order valence-corrected chi connectivity index (χ4v) is 8.52. The molecule has 0 amide bonds. The van der Waals surface area contributed by atoms with E-state index in [1.165, 1.54) is 16.7 Å². The Balaban J connectivity index is 0.00000396. The number of aromatic nitrogens is 6. The van der Waals surface area contributed by atoms with Gasteiger partial charge in [0.2, 0.25) is 0 Å². The number of nitrogens with zero attached hydrogens (tertiary/aromatic N) is 6. The molecule has 0 atom stereocenters. The van der Waals surface area contributed by atoms with E-state index in [1.54, 1.807) is 0 Å². The molecule has 7 nitrogen and oxygen atoms in total. The monoisotopic (exact) mass is 915 g/mol. The van der Waals surface area contributed by atoms with Crippen molar-refractivity contribution in [3.8, 4) is 45.3 Å². The van der Waals surface area contributed by atoms with E-state index >= 15 is 0 Å². The zero-order valence-electron chi connectivity index (χ0n) is 31.2. The number of fused-ring (bicyclic) bond motifs is 12. The molecule has 274 valence electrons. The second-order valence-electron chi connectivity index (χ2n) is 14.3. The number of pyridine rings is 4. The van der Waals surface area contributed by atoms with E-state index in [2.05, 4.69) is 115 Å². The molecule has 11 aromatic rings. The van der Waals surface area contributed by atoms with Crippen LogP contribution in [-0.4, -0.2) is 28.7 Å². The van der Waals surface area contributed by atoms with Gasteiger partial charge in [-0.2, -0.15) is 0 Å². The van der Waals surface area contributed by atoms with Crippen LogP contribution in [0.3, 0.4) is 0 Å². The number of benzene rings is 5. The predicted octanol–water partition coefficient (Wildman–Crippen LogP) is 11.7. The van der Waals surface area contributed by atoms with Crippen molar-refractivity contribution in [2.45, 2.75) is 20.8 Å². The first-order valence-corrected chi connectivity index (χ1v) is 18.6. The van der Waals surface area contributed by atoms with Crippen molar-refractivity contribution in [2.24, 2.45) is 0 Å². The van der Waals surface area contributed by atoms with Gasteiger partial charge >= 0.3 is 21.1 Å². The van der Waals surface area contributed by atoms with Gasteiger partial charge in [0.15, 0.2) is 0 Å². The maximum atomic E-state index is 6.64. The molecular weight excluding hydrogens is 884 g/mol. The van der Waals surface area contributed by atoms with Gasteiger partial charge in [-0.3, -0.25) is 15.0 Å². The van der Waals surface area contributed by atoms with Crippen LogP contribution in [0.25, 0.3) is 88.7 Å². The van der Waals surface area contributed by atoms with Crippen LogP contribution in [0, 0.1) is 32.9 Å². The first kappa shape index (κ1) is 34.8. The summed E-state index contributed by atoms with van der Waals surface area (Å²) in [6.07, 6.45) is 5.62. The molecule has 0 aliphatic carbocycles. The molecule has 0 fully saturated rings. The Morgan fingerprint density at radius 2 is 1.21 bits per heavy atom. The van der Waals surface area contributed by atoms with Crippen LogP contribution in [0.2, 0.25) is 0 Å². The summed E-state index contributed by atoms with van der Waals surface area (Å²) in [7, 11) is 0. The molecular formula is C49H32N6OPt.